The SMILES string of the molecule is C=CCNc1ccc(NS(=O)(=O)c2ccc(OC)c(C)c2)cc1. The lowest BCUT2D eigenvalue weighted by molar-refractivity contribution is 0.411. The average Bonchev–Trinajstić information content (AvgIpc) is 2.54. The Kier molecular flexibility index (Phi) is 5.28. The van der Waals surface area contributed by atoms with Crippen molar-refractivity contribution in [2.45, 2.75) is 11.8 Å². The van der Waals surface area contributed by atoms with E-state index >= 15 is 0 Å². The van der Waals surface area contributed by atoms with Crippen LogP contribution < -0.4 is 14.8 Å². The molecule has 23 heavy (non-hydrogen) atoms. The van der Waals surface area contributed by atoms with Gasteiger partial charge in [0.1, 0.15) is 5.75 Å². The summed E-state index contributed by atoms with van der Waals surface area (Å²) < 4.78 is 32.6. The number of hydrogen-bond donors (Lipinski definition) is 2. The fraction of sp³-hybridized carbons (Fsp3) is 0.176. The highest BCUT2D eigenvalue weighted by atomic mass is 32.2. The molecule has 122 valence electrons. The lowest BCUT2D eigenvalue weighted by Gasteiger charge is -2.11. The second-order valence-electron chi connectivity index (χ2n) is 4.98. The third-order valence-electron chi connectivity index (χ3n) is 3.26. The van der Waals surface area contributed by atoms with Gasteiger partial charge in [0.25, 0.3) is 10.0 Å². The van der Waals surface area contributed by atoms with Crippen molar-refractivity contribution in [1.29, 1.82) is 0 Å². The van der Waals surface area contributed by atoms with Crippen LogP contribution in [-0.4, -0.2) is 22.1 Å². The molecule has 0 bridgehead atoms. The zero-order valence-electron chi connectivity index (χ0n) is 13.2. The first-order valence-electron chi connectivity index (χ1n) is 7.08. The van der Waals surface area contributed by atoms with Gasteiger partial charge in [0.2, 0.25) is 0 Å². The number of rotatable bonds is 7. The van der Waals surface area contributed by atoms with Gasteiger partial charge in [-0.25, -0.2) is 8.42 Å². The minimum atomic E-state index is -3.63. The van der Waals surface area contributed by atoms with Crippen LogP contribution >= 0.6 is 0 Å². The van der Waals surface area contributed by atoms with Crippen molar-refractivity contribution in [3.05, 3.63) is 60.7 Å². The molecule has 0 aromatic heterocycles. The van der Waals surface area contributed by atoms with Gasteiger partial charge in [-0.2, -0.15) is 0 Å². The van der Waals surface area contributed by atoms with E-state index in [1.54, 1.807) is 56.5 Å². The Morgan fingerprint density at radius 1 is 1.13 bits per heavy atom. The van der Waals surface area contributed by atoms with Gasteiger partial charge >= 0.3 is 0 Å². The summed E-state index contributed by atoms with van der Waals surface area (Å²) >= 11 is 0. The summed E-state index contributed by atoms with van der Waals surface area (Å²) in [5.41, 5.74) is 2.16. The molecule has 2 N–H and O–H groups in total. The molecule has 0 spiro atoms. The number of anilines is 2. The van der Waals surface area contributed by atoms with Gasteiger partial charge < -0.3 is 10.1 Å². The van der Waals surface area contributed by atoms with Gasteiger partial charge in [-0.3, -0.25) is 4.72 Å². The summed E-state index contributed by atoms with van der Waals surface area (Å²) in [6, 6.07) is 11.8. The van der Waals surface area contributed by atoms with Crippen molar-refractivity contribution in [3.8, 4) is 5.75 Å². The highest BCUT2D eigenvalue weighted by molar-refractivity contribution is 7.92. The molecule has 0 aliphatic rings. The molecule has 0 aliphatic carbocycles. The van der Waals surface area contributed by atoms with E-state index in [1.807, 2.05) is 0 Å². The molecule has 2 rings (SSSR count). The summed E-state index contributed by atoms with van der Waals surface area (Å²) in [6.45, 7) is 6.08. The van der Waals surface area contributed by atoms with Crippen molar-refractivity contribution < 1.29 is 13.2 Å². The molecule has 0 heterocycles. The van der Waals surface area contributed by atoms with Crippen molar-refractivity contribution in [1.82, 2.24) is 0 Å². The van der Waals surface area contributed by atoms with Crippen LogP contribution in [0, 0.1) is 6.92 Å². The van der Waals surface area contributed by atoms with Gasteiger partial charge in [-0.1, -0.05) is 6.08 Å². The zero-order chi connectivity index (χ0) is 16.9. The number of nitrogens with one attached hydrogen (secondary N) is 2. The summed E-state index contributed by atoms with van der Waals surface area (Å²) in [4.78, 5) is 0.199. The molecule has 0 amide bonds. The molecule has 0 aliphatic heterocycles. The predicted octanol–water partition coefficient (Wildman–Crippen LogP) is 3.40. The van der Waals surface area contributed by atoms with Gasteiger partial charge in [-0.05, 0) is 55.0 Å². The Bertz CT molecular complexity index is 784. The van der Waals surface area contributed by atoms with Gasteiger partial charge in [0.15, 0.2) is 0 Å². The van der Waals surface area contributed by atoms with Crippen molar-refractivity contribution in [3.63, 3.8) is 0 Å². The van der Waals surface area contributed by atoms with Crippen LogP contribution in [0.25, 0.3) is 0 Å². The number of sulfonamides is 1. The second kappa shape index (κ2) is 7.19. The Labute approximate surface area is 137 Å². The Morgan fingerprint density at radius 2 is 1.78 bits per heavy atom. The highest BCUT2D eigenvalue weighted by Crippen LogP contribution is 2.23. The Hall–Kier alpha value is -2.47. The van der Waals surface area contributed by atoms with E-state index in [-0.39, 0.29) is 4.90 Å². The summed E-state index contributed by atoms with van der Waals surface area (Å²) in [5, 5.41) is 3.13. The fourth-order valence-corrected chi connectivity index (χ4v) is 3.22. The summed E-state index contributed by atoms with van der Waals surface area (Å²) in [5.74, 6) is 0.654. The zero-order valence-corrected chi connectivity index (χ0v) is 14.0. The van der Waals surface area contributed by atoms with E-state index in [9.17, 15) is 8.42 Å². The van der Waals surface area contributed by atoms with Crippen molar-refractivity contribution in [2.24, 2.45) is 0 Å². The fourth-order valence-electron chi connectivity index (χ4n) is 2.08. The molecule has 2 aromatic carbocycles. The maximum absolute atomic E-state index is 12.4. The molecule has 0 radical (unpaired) electrons. The van der Waals surface area contributed by atoms with Gasteiger partial charge in [0, 0.05) is 17.9 Å². The van der Waals surface area contributed by atoms with E-state index in [4.69, 9.17) is 4.74 Å². The van der Waals surface area contributed by atoms with Crippen LogP contribution in [0.2, 0.25) is 0 Å². The third kappa shape index (κ3) is 4.26. The molecular weight excluding hydrogens is 312 g/mol. The minimum absolute atomic E-state index is 0.199. The van der Waals surface area contributed by atoms with Crippen molar-refractivity contribution in [2.75, 3.05) is 23.7 Å². The predicted molar refractivity (Wildman–Crippen MR) is 93.7 cm³/mol. The lowest BCUT2D eigenvalue weighted by Crippen LogP contribution is -2.13. The first-order chi connectivity index (χ1) is 11.0. The van der Waals surface area contributed by atoms with E-state index in [0.29, 0.717) is 18.0 Å². The highest BCUT2D eigenvalue weighted by Gasteiger charge is 2.15. The molecule has 0 unspecified atom stereocenters. The second-order valence-corrected chi connectivity index (χ2v) is 6.67. The number of ether oxygens (including phenoxy) is 1. The molecule has 6 heteroatoms. The van der Waals surface area contributed by atoms with E-state index in [1.165, 1.54) is 6.07 Å². The quantitative estimate of drug-likeness (QED) is 0.763. The number of aryl methyl sites for hydroxylation is 1. The molecule has 5 nitrogen and oxygen atoms in total. The van der Waals surface area contributed by atoms with Gasteiger partial charge in [0.05, 0.1) is 12.0 Å². The average molecular weight is 332 g/mol. The first-order valence-corrected chi connectivity index (χ1v) is 8.57. The molecular formula is C17H20N2O3S. The van der Waals surface area contributed by atoms with Gasteiger partial charge in [-0.15, -0.1) is 6.58 Å². The van der Waals surface area contributed by atoms with Crippen LogP contribution in [0.3, 0.4) is 0 Å². The third-order valence-corrected chi connectivity index (χ3v) is 4.64. The summed E-state index contributed by atoms with van der Waals surface area (Å²) in [7, 11) is -2.08. The minimum Gasteiger partial charge on any atom is -0.496 e. The smallest absolute Gasteiger partial charge is 0.261 e. The first kappa shape index (κ1) is 16.9. The summed E-state index contributed by atoms with van der Waals surface area (Å²) in [6.07, 6.45) is 1.75. The molecule has 0 saturated carbocycles. The molecule has 2 aromatic rings. The van der Waals surface area contributed by atoms with Crippen LogP contribution in [0.5, 0.6) is 5.75 Å². The molecule has 0 fully saturated rings. The molecule has 0 saturated heterocycles. The standard InChI is InChI=1S/C17H20N2O3S/c1-4-11-18-14-5-7-15(8-6-14)19-23(20,21)16-9-10-17(22-3)13(2)12-16/h4-10,12,18-19H,1,11H2,2-3H3. The van der Waals surface area contributed by atoms with E-state index < -0.39 is 10.0 Å². The molecule has 0 atom stereocenters. The topological polar surface area (TPSA) is 67.4 Å². The Morgan fingerprint density at radius 3 is 2.35 bits per heavy atom. The van der Waals surface area contributed by atoms with E-state index in [2.05, 4.69) is 16.6 Å². The Balaban J connectivity index is 2.17. The van der Waals surface area contributed by atoms with Crippen LogP contribution in [-0.2, 0) is 10.0 Å². The van der Waals surface area contributed by atoms with Crippen LogP contribution in [0.1, 0.15) is 5.56 Å². The lowest BCUT2D eigenvalue weighted by atomic mass is 10.2. The normalized spacial score (nSPS) is 10.9. The number of benzene rings is 2. The maximum Gasteiger partial charge on any atom is 0.261 e. The van der Waals surface area contributed by atoms with Crippen molar-refractivity contribution >= 4 is 21.4 Å². The van der Waals surface area contributed by atoms with Crippen LogP contribution in [0.4, 0.5) is 11.4 Å². The monoisotopic (exact) mass is 332 g/mol. The largest absolute Gasteiger partial charge is 0.496 e. The number of methoxy groups -OCH3 is 1. The van der Waals surface area contributed by atoms with E-state index in [0.717, 1.165) is 11.3 Å². The van der Waals surface area contributed by atoms with Crippen LogP contribution in [0.15, 0.2) is 60.0 Å². The number of hydrogen-bond acceptors (Lipinski definition) is 4. The maximum atomic E-state index is 12.4.